The van der Waals surface area contributed by atoms with Crippen molar-refractivity contribution < 1.29 is 14.3 Å². The third-order valence-electron chi connectivity index (χ3n) is 4.99. The molecule has 0 radical (unpaired) electrons. The summed E-state index contributed by atoms with van der Waals surface area (Å²) in [4.78, 5) is 23.9. The first-order chi connectivity index (χ1) is 9.56. The lowest BCUT2D eigenvalue weighted by Crippen LogP contribution is -2.51. The molecule has 2 aliphatic rings. The van der Waals surface area contributed by atoms with E-state index in [-0.39, 0.29) is 23.8 Å². The maximum Gasteiger partial charge on any atom is 0.328 e. The van der Waals surface area contributed by atoms with Crippen LogP contribution >= 0.6 is 0 Å². The van der Waals surface area contributed by atoms with Crippen LogP contribution in [0, 0.1) is 17.8 Å². The fraction of sp³-hybridized carbons (Fsp3) is 0.867. The number of nitrogens with one attached hydrogen (secondary N) is 1. The van der Waals surface area contributed by atoms with Gasteiger partial charge >= 0.3 is 5.97 Å². The number of amides is 1. The molecular formula is C15H26N2O3. The Morgan fingerprint density at radius 1 is 1.30 bits per heavy atom. The zero-order valence-corrected chi connectivity index (χ0v) is 12.4. The van der Waals surface area contributed by atoms with E-state index in [2.05, 4.69) is 5.32 Å². The van der Waals surface area contributed by atoms with Crippen molar-refractivity contribution in [3.05, 3.63) is 0 Å². The molecule has 3 N–H and O–H groups in total. The van der Waals surface area contributed by atoms with Crippen LogP contribution in [0.15, 0.2) is 0 Å². The summed E-state index contributed by atoms with van der Waals surface area (Å²) in [6.07, 6.45) is 5.78. The summed E-state index contributed by atoms with van der Waals surface area (Å²) in [5.41, 5.74) is 6.24. The van der Waals surface area contributed by atoms with Gasteiger partial charge in [0.2, 0.25) is 5.91 Å². The third kappa shape index (κ3) is 3.14. The van der Waals surface area contributed by atoms with Crippen molar-refractivity contribution in [3.63, 3.8) is 0 Å². The molecule has 114 valence electrons. The Kier molecular flexibility index (Phi) is 5.02. The average molecular weight is 282 g/mol. The zero-order chi connectivity index (χ0) is 14.7. The summed E-state index contributed by atoms with van der Waals surface area (Å²) in [5.74, 6) is 0.566. The van der Waals surface area contributed by atoms with Gasteiger partial charge in [-0.2, -0.15) is 0 Å². The van der Waals surface area contributed by atoms with Crippen molar-refractivity contribution in [1.29, 1.82) is 0 Å². The molecule has 2 bridgehead atoms. The van der Waals surface area contributed by atoms with Crippen LogP contribution in [0.3, 0.4) is 0 Å². The Balaban J connectivity index is 1.94. The molecule has 0 spiro atoms. The highest BCUT2D eigenvalue weighted by atomic mass is 16.5. The number of esters is 1. The van der Waals surface area contributed by atoms with Crippen LogP contribution in [-0.4, -0.2) is 31.1 Å². The first kappa shape index (κ1) is 15.3. The Morgan fingerprint density at radius 2 is 1.90 bits per heavy atom. The van der Waals surface area contributed by atoms with Gasteiger partial charge in [0.25, 0.3) is 0 Å². The highest BCUT2D eigenvalue weighted by Crippen LogP contribution is 2.41. The number of nitrogens with two attached hydrogens (primary N) is 1. The molecule has 0 saturated heterocycles. The summed E-state index contributed by atoms with van der Waals surface area (Å²) < 4.78 is 4.71. The van der Waals surface area contributed by atoms with Gasteiger partial charge in [-0.15, -0.1) is 0 Å². The SMILES string of the molecule is CCC(NC(=O)C1CC2CCCC(C1)C2N)C(=O)OC. The summed E-state index contributed by atoms with van der Waals surface area (Å²) in [6.45, 7) is 1.87. The predicted molar refractivity (Wildman–Crippen MR) is 75.8 cm³/mol. The minimum Gasteiger partial charge on any atom is -0.467 e. The zero-order valence-electron chi connectivity index (χ0n) is 12.4. The van der Waals surface area contributed by atoms with Gasteiger partial charge in [0, 0.05) is 12.0 Å². The normalized spacial score (nSPS) is 34.1. The second kappa shape index (κ2) is 6.57. The monoisotopic (exact) mass is 282 g/mol. The summed E-state index contributed by atoms with van der Waals surface area (Å²) in [5, 5.41) is 2.84. The van der Waals surface area contributed by atoms with E-state index in [4.69, 9.17) is 10.5 Å². The van der Waals surface area contributed by atoms with E-state index in [0.717, 1.165) is 25.7 Å². The molecule has 0 aliphatic heterocycles. The van der Waals surface area contributed by atoms with E-state index in [9.17, 15) is 9.59 Å². The maximum absolute atomic E-state index is 12.4. The number of carbonyl (C=O) groups is 2. The van der Waals surface area contributed by atoms with Crippen molar-refractivity contribution in [3.8, 4) is 0 Å². The Hall–Kier alpha value is -1.10. The van der Waals surface area contributed by atoms with Crippen LogP contribution in [0.1, 0.15) is 45.4 Å². The molecule has 0 aromatic heterocycles. The van der Waals surface area contributed by atoms with Crippen molar-refractivity contribution in [2.45, 2.75) is 57.5 Å². The first-order valence-electron chi connectivity index (χ1n) is 7.70. The molecule has 0 heterocycles. The lowest BCUT2D eigenvalue weighted by molar-refractivity contribution is -0.146. The van der Waals surface area contributed by atoms with Crippen molar-refractivity contribution in [2.75, 3.05) is 7.11 Å². The van der Waals surface area contributed by atoms with Crippen molar-refractivity contribution in [1.82, 2.24) is 5.32 Å². The van der Waals surface area contributed by atoms with E-state index in [0.29, 0.717) is 18.3 Å². The molecule has 0 aromatic rings. The summed E-state index contributed by atoms with van der Waals surface area (Å²) in [6, 6.07) is -0.265. The topological polar surface area (TPSA) is 81.4 Å². The third-order valence-corrected chi connectivity index (χ3v) is 4.99. The second-order valence-corrected chi connectivity index (χ2v) is 6.19. The lowest BCUT2D eigenvalue weighted by atomic mass is 9.65. The number of rotatable bonds is 4. The van der Waals surface area contributed by atoms with Gasteiger partial charge in [-0.25, -0.2) is 4.79 Å². The molecule has 2 rings (SSSR count). The number of ether oxygens (including phenoxy) is 1. The van der Waals surface area contributed by atoms with E-state index in [1.54, 1.807) is 0 Å². The van der Waals surface area contributed by atoms with Crippen LogP contribution in [-0.2, 0) is 14.3 Å². The fourth-order valence-electron chi connectivity index (χ4n) is 3.76. The summed E-state index contributed by atoms with van der Waals surface area (Å²) >= 11 is 0. The number of hydrogen-bond donors (Lipinski definition) is 2. The standard InChI is InChI=1S/C15H26N2O3/c1-3-12(15(19)20-2)17-14(18)11-7-9-5-4-6-10(8-11)13(9)16/h9-13H,3-8,16H2,1-2H3,(H,17,18). The molecule has 2 saturated carbocycles. The van der Waals surface area contributed by atoms with Gasteiger partial charge in [-0.05, 0) is 43.9 Å². The van der Waals surface area contributed by atoms with E-state index < -0.39 is 6.04 Å². The van der Waals surface area contributed by atoms with Gasteiger partial charge in [0.1, 0.15) is 6.04 Å². The van der Waals surface area contributed by atoms with E-state index >= 15 is 0 Å². The van der Waals surface area contributed by atoms with Gasteiger partial charge in [-0.1, -0.05) is 13.3 Å². The van der Waals surface area contributed by atoms with Gasteiger partial charge in [0.05, 0.1) is 7.11 Å². The van der Waals surface area contributed by atoms with Crippen LogP contribution in [0.25, 0.3) is 0 Å². The number of fused-ring (bicyclic) bond motifs is 2. The molecule has 5 nitrogen and oxygen atoms in total. The smallest absolute Gasteiger partial charge is 0.328 e. The lowest BCUT2D eigenvalue weighted by Gasteiger charge is -2.43. The molecule has 1 amide bonds. The molecule has 3 unspecified atom stereocenters. The predicted octanol–water partition coefficient (Wildman–Crippen LogP) is 1.21. The molecular weight excluding hydrogens is 256 g/mol. The average Bonchev–Trinajstić information content (AvgIpc) is 2.43. The van der Waals surface area contributed by atoms with Crippen LogP contribution < -0.4 is 11.1 Å². The maximum atomic E-state index is 12.4. The molecule has 2 fully saturated rings. The largest absolute Gasteiger partial charge is 0.467 e. The second-order valence-electron chi connectivity index (χ2n) is 6.19. The summed E-state index contributed by atoms with van der Waals surface area (Å²) in [7, 11) is 1.35. The number of hydrogen-bond acceptors (Lipinski definition) is 4. The van der Waals surface area contributed by atoms with Crippen LogP contribution in [0.4, 0.5) is 0 Å². The molecule has 5 heteroatoms. The highest BCUT2D eigenvalue weighted by molar-refractivity contribution is 5.85. The molecule has 20 heavy (non-hydrogen) atoms. The van der Waals surface area contributed by atoms with E-state index in [1.165, 1.54) is 13.5 Å². The minimum absolute atomic E-state index is 0.00352. The Bertz CT molecular complexity index is 358. The highest BCUT2D eigenvalue weighted by Gasteiger charge is 2.41. The minimum atomic E-state index is -0.525. The first-order valence-corrected chi connectivity index (χ1v) is 7.70. The van der Waals surface area contributed by atoms with Gasteiger partial charge in [-0.3, -0.25) is 4.79 Å². The molecule has 3 atom stereocenters. The van der Waals surface area contributed by atoms with Gasteiger partial charge < -0.3 is 15.8 Å². The van der Waals surface area contributed by atoms with Crippen molar-refractivity contribution in [2.24, 2.45) is 23.5 Å². The van der Waals surface area contributed by atoms with Gasteiger partial charge in [0.15, 0.2) is 0 Å². The van der Waals surface area contributed by atoms with Crippen molar-refractivity contribution >= 4 is 11.9 Å². The fourth-order valence-corrected chi connectivity index (χ4v) is 3.76. The van der Waals surface area contributed by atoms with Crippen LogP contribution in [0.2, 0.25) is 0 Å². The number of carbonyl (C=O) groups excluding carboxylic acids is 2. The van der Waals surface area contributed by atoms with E-state index in [1.807, 2.05) is 6.92 Å². The quantitative estimate of drug-likeness (QED) is 0.759. The van der Waals surface area contributed by atoms with Crippen LogP contribution in [0.5, 0.6) is 0 Å². The Morgan fingerprint density at radius 3 is 2.40 bits per heavy atom. The molecule has 2 aliphatic carbocycles. The molecule has 0 aromatic carbocycles. The number of methoxy groups -OCH3 is 1. The Labute approximate surface area is 120 Å².